The highest BCUT2D eigenvalue weighted by Gasteiger charge is 2.22. The van der Waals surface area contributed by atoms with Gasteiger partial charge in [-0.3, -0.25) is 5.32 Å². The lowest BCUT2D eigenvalue weighted by Crippen LogP contribution is -2.43. The number of nitrogens with one attached hydrogen (secondary N) is 1. The van der Waals surface area contributed by atoms with Crippen LogP contribution < -0.4 is 5.32 Å². The summed E-state index contributed by atoms with van der Waals surface area (Å²) in [5.74, 6) is 0. The number of hydrogen-bond acceptors (Lipinski definition) is 4. The van der Waals surface area contributed by atoms with E-state index in [1.807, 2.05) is 13.8 Å². The molecule has 0 amide bonds. The fourth-order valence-electron chi connectivity index (χ4n) is 1.47. The predicted molar refractivity (Wildman–Crippen MR) is 68.4 cm³/mol. The summed E-state index contributed by atoms with van der Waals surface area (Å²) in [6.07, 6.45) is 0.862. The van der Waals surface area contributed by atoms with Crippen LogP contribution in [0, 0.1) is 11.3 Å². The molecule has 0 bridgehead atoms. The minimum atomic E-state index is -0.388. The summed E-state index contributed by atoms with van der Waals surface area (Å²) in [5.41, 5.74) is -0.388. The van der Waals surface area contributed by atoms with Crippen molar-refractivity contribution in [3.8, 4) is 6.07 Å². The average Bonchev–Trinajstić information content (AvgIpc) is 2.24. The fourth-order valence-corrected chi connectivity index (χ4v) is 1.47. The van der Waals surface area contributed by atoms with Crippen molar-refractivity contribution in [2.24, 2.45) is 0 Å². The Labute approximate surface area is 100 Å². The van der Waals surface area contributed by atoms with Crippen molar-refractivity contribution in [3.05, 3.63) is 0 Å². The maximum atomic E-state index is 9.11. The molecule has 4 nitrogen and oxygen atoms in total. The molecule has 0 aromatic heterocycles. The van der Waals surface area contributed by atoms with Gasteiger partial charge in [-0.1, -0.05) is 6.92 Å². The first-order valence-electron chi connectivity index (χ1n) is 5.93. The molecular formula is C12H26N4. The Morgan fingerprint density at radius 1 is 1.19 bits per heavy atom. The highest BCUT2D eigenvalue weighted by atomic mass is 15.1. The normalized spacial score (nSPS) is 15.1. The smallest absolute Gasteiger partial charge is 0.105 e. The first kappa shape index (κ1) is 15.4. The van der Waals surface area contributed by atoms with Crippen LogP contribution >= 0.6 is 0 Å². The van der Waals surface area contributed by atoms with Gasteiger partial charge in [0.2, 0.25) is 0 Å². The highest BCUT2D eigenvalue weighted by Crippen LogP contribution is 2.08. The van der Waals surface area contributed by atoms with E-state index in [9.17, 15) is 0 Å². The second-order valence-corrected chi connectivity index (χ2v) is 4.83. The van der Waals surface area contributed by atoms with Gasteiger partial charge >= 0.3 is 0 Å². The van der Waals surface area contributed by atoms with E-state index >= 15 is 0 Å². The van der Waals surface area contributed by atoms with Gasteiger partial charge in [-0.15, -0.1) is 0 Å². The van der Waals surface area contributed by atoms with E-state index in [0.717, 1.165) is 32.6 Å². The van der Waals surface area contributed by atoms with Crippen molar-refractivity contribution in [1.29, 1.82) is 5.26 Å². The summed E-state index contributed by atoms with van der Waals surface area (Å²) in [6, 6.07) is 2.35. The zero-order valence-corrected chi connectivity index (χ0v) is 11.4. The van der Waals surface area contributed by atoms with Crippen LogP contribution in [-0.4, -0.2) is 62.7 Å². The van der Waals surface area contributed by atoms with E-state index < -0.39 is 0 Å². The Morgan fingerprint density at radius 3 is 2.25 bits per heavy atom. The first-order chi connectivity index (χ1) is 7.43. The number of hydrogen-bond donors (Lipinski definition) is 1. The Bertz CT molecular complexity index is 222. The molecule has 0 aliphatic rings. The quantitative estimate of drug-likeness (QED) is 0.663. The Balaban J connectivity index is 3.89. The van der Waals surface area contributed by atoms with Gasteiger partial charge in [0.15, 0.2) is 0 Å². The molecule has 0 aromatic rings. The van der Waals surface area contributed by atoms with Crippen LogP contribution in [0.4, 0.5) is 0 Å². The van der Waals surface area contributed by atoms with Gasteiger partial charge in [0.05, 0.1) is 6.07 Å². The zero-order chi connectivity index (χ0) is 12.6. The predicted octanol–water partition coefficient (Wildman–Crippen LogP) is 0.762. The molecular weight excluding hydrogens is 200 g/mol. The second kappa shape index (κ2) is 7.61. The van der Waals surface area contributed by atoms with E-state index in [1.54, 1.807) is 0 Å². The molecule has 1 unspecified atom stereocenters. The molecule has 0 aliphatic heterocycles. The third-order valence-electron chi connectivity index (χ3n) is 2.74. The van der Waals surface area contributed by atoms with Crippen molar-refractivity contribution in [2.75, 3.05) is 47.3 Å². The van der Waals surface area contributed by atoms with Gasteiger partial charge in [-0.2, -0.15) is 5.26 Å². The molecule has 0 rings (SSSR count). The molecule has 0 fully saturated rings. The van der Waals surface area contributed by atoms with E-state index in [4.69, 9.17) is 5.26 Å². The minimum Gasteiger partial charge on any atom is -0.308 e. The third-order valence-corrected chi connectivity index (χ3v) is 2.74. The lowest BCUT2D eigenvalue weighted by atomic mass is 10.00. The zero-order valence-electron chi connectivity index (χ0n) is 11.4. The summed E-state index contributed by atoms with van der Waals surface area (Å²) in [6.45, 7) is 7.89. The average molecular weight is 226 g/mol. The summed E-state index contributed by atoms with van der Waals surface area (Å²) in [7, 11) is 6.25. The number of nitriles is 1. The van der Waals surface area contributed by atoms with Crippen molar-refractivity contribution >= 4 is 0 Å². The Kier molecular flexibility index (Phi) is 7.31. The summed E-state index contributed by atoms with van der Waals surface area (Å²) in [4.78, 5) is 4.44. The van der Waals surface area contributed by atoms with Gasteiger partial charge in [0.1, 0.15) is 5.54 Å². The SMILES string of the molecule is CCNC(C)(C#N)CCN(C)CCN(C)C. The third kappa shape index (κ3) is 6.78. The molecule has 0 spiro atoms. The molecule has 94 valence electrons. The van der Waals surface area contributed by atoms with Crippen LogP contribution in [0.3, 0.4) is 0 Å². The van der Waals surface area contributed by atoms with Crippen LogP contribution in [0.25, 0.3) is 0 Å². The second-order valence-electron chi connectivity index (χ2n) is 4.83. The van der Waals surface area contributed by atoms with Crippen LogP contribution in [0.2, 0.25) is 0 Å². The lowest BCUT2D eigenvalue weighted by molar-refractivity contribution is 0.258. The molecule has 0 radical (unpaired) electrons. The molecule has 16 heavy (non-hydrogen) atoms. The minimum absolute atomic E-state index is 0.388. The molecule has 1 atom stereocenters. The summed E-state index contributed by atoms with van der Waals surface area (Å²) >= 11 is 0. The molecule has 0 aromatic carbocycles. The van der Waals surface area contributed by atoms with Gasteiger partial charge in [-0.25, -0.2) is 0 Å². The van der Waals surface area contributed by atoms with Crippen LogP contribution in [0.1, 0.15) is 20.3 Å². The molecule has 1 N–H and O–H groups in total. The van der Waals surface area contributed by atoms with Gasteiger partial charge in [-0.05, 0) is 41.0 Å². The maximum absolute atomic E-state index is 9.11. The van der Waals surface area contributed by atoms with Crippen LogP contribution in [0.15, 0.2) is 0 Å². The van der Waals surface area contributed by atoms with E-state index in [0.29, 0.717) is 0 Å². The highest BCUT2D eigenvalue weighted by molar-refractivity contribution is 5.03. The van der Waals surface area contributed by atoms with Gasteiger partial charge in [0, 0.05) is 19.6 Å². The number of nitrogens with zero attached hydrogens (tertiary/aromatic N) is 3. The molecule has 0 heterocycles. The Hall–Kier alpha value is -0.630. The van der Waals surface area contributed by atoms with E-state index in [1.165, 1.54) is 0 Å². The van der Waals surface area contributed by atoms with Crippen molar-refractivity contribution in [3.63, 3.8) is 0 Å². The number of rotatable bonds is 8. The lowest BCUT2D eigenvalue weighted by Gasteiger charge is -2.26. The first-order valence-corrected chi connectivity index (χ1v) is 5.93. The van der Waals surface area contributed by atoms with Crippen LogP contribution in [0.5, 0.6) is 0 Å². The van der Waals surface area contributed by atoms with Gasteiger partial charge < -0.3 is 9.80 Å². The van der Waals surface area contributed by atoms with Crippen molar-refractivity contribution < 1.29 is 0 Å². The molecule has 4 heteroatoms. The van der Waals surface area contributed by atoms with E-state index in [2.05, 4.69) is 42.3 Å². The standard InChI is InChI=1S/C12H26N4/c1-6-14-12(2,11-13)7-8-16(5)10-9-15(3)4/h14H,6-10H2,1-5H3. The van der Waals surface area contributed by atoms with E-state index in [-0.39, 0.29) is 5.54 Å². The van der Waals surface area contributed by atoms with Gasteiger partial charge in [0.25, 0.3) is 0 Å². The summed E-state index contributed by atoms with van der Waals surface area (Å²) in [5, 5.41) is 12.3. The maximum Gasteiger partial charge on any atom is 0.105 e. The Morgan fingerprint density at radius 2 is 1.81 bits per heavy atom. The fraction of sp³-hybridized carbons (Fsp3) is 0.917. The van der Waals surface area contributed by atoms with Crippen molar-refractivity contribution in [2.45, 2.75) is 25.8 Å². The molecule has 0 saturated carbocycles. The van der Waals surface area contributed by atoms with Crippen molar-refractivity contribution in [1.82, 2.24) is 15.1 Å². The van der Waals surface area contributed by atoms with Crippen LogP contribution in [-0.2, 0) is 0 Å². The topological polar surface area (TPSA) is 42.3 Å². The number of likely N-dealkylation sites (N-methyl/N-ethyl adjacent to an activating group) is 2. The molecule has 0 aliphatic carbocycles. The molecule has 0 saturated heterocycles. The monoisotopic (exact) mass is 226 g/mol. The largest absolute Gasteiger partial charge is 0.308 e. The summed E-state index contributed by atoms with van der Waals surface area (Å²) < 4.78 is 0.